The molecule has 0 saturated heterocycles. The first-order chi connectivity index (χ1) is 4.26. The van der Waals surface area contributed by atoms with Crippen molar-refractivity contribution >= 4 is 35.5 Å². The second-order valence-electron chi connectivity index (χ2n) is 1.19. The Labute approximate surface area is 81.1 Å². The van der Waals surface area contributed by atoms with E-state index >= 15 is 0 Å². The maximum absolute atomic E-state index is 10.4. The fourth-order valence-electron chi connectivity index (χ4n) is 0.289. The molecule has 1 N–H and O–H groups in total. The van der Waals surface area contributed by atoms with E-state index in [-0.39, 0.29) is 35.3 Å². The number of carbonyl (C=O) groups is 1. The number of rotatable bonds is 2. The molecular formula is C5H9NaO4. The Morgan fingerprint density at radius 3 is 2.00 bits per heavy atom. The molecular weight excluding hydrogens is 147 g/mol. The molecule has 0 atom stereocenters. The molecule has 5 heteroatoms. The number of hydrogen-bond acceptors (Lipinski definition) is 4. The van der Waals surface area contributed by atoms with Crippen molar-refractivity contribution in [2.24, 2.45) is 0 Å². The van der Waals surface area contributed by atoms with E-state index in [0.29, 0.717) is 6.26 Å². The van der Waals surface area contributed by atoms with Gasteiger partial charge in [0.05, 0.1) is 14.2 Å². The third-order valence-electron chi connectivity index (χ3n) is 0.724. The predicted molar refractivity (Wildman–Crippen MR) is 36.9 cm³/mol. The number of hydrogen-bond donors (Lipinski definition) is 1. The zero-order chi connectivity index (χ0) is 7.28. The summed E-state index contributed by atoms with van der Waals surface area (Å²) in [7, 11) is 2.46. The van der Waals surface area contributed by atoms with Crippen LogP contribution in [0.4, 0.5) is 0 Å². The fraction of sp³-hybridized carbons (Fsp3) is 0.400. The summed E-state index contributed by atoms with van der Waals surface area (Å²) in [6, 6.07) is 0. The molecule has 0 radical (unpaired) electrons. The van der Waals surface area contributed by atoms with Gasteiger partial charge in [-0.25, -0.2) is 4.79 Å². The van der Waals surface area contributed by atoms with Crippen LogP contribution in [0, 0.1) is 0 Å². The van der Waals surface area contributed by atoms with E-state index in [9.17, 15) is 4.79 Å². The summed E-state index contributed by atoms with van der Waals surface area (Å²) < 4.78 is 8.59. The molecule has 0 unspecified atom stereocenters. The van der Waals surface area contributed by atoms with E-state index in [1.54, 1.807) is 0 Å². The average molecular weight is 156 g/mol. The van der Waals surface area contributed by atoms with Gasteiger partial charge in [0.25, 0.3) is 0 Å². The van der Waals surface area contributed by atoms with Gasteiger partial charge in [0, 0.05) is 0 Å². The Bertz CT molecular complexity index is 132. The minimum absolute atomic E-state index is 0. The molecule has 0 spiro atoms. The SMILES string of the molecule is COC(=O)C(=CO)OC.[NaH]. The number of aliphatic hydroxyl groups is 1. The average Bonchev–Trinajstić information content (AvgIpc) is 1.90. The molecule has 0 aliphatic carbocycles. The first-order valence-corrected chi connectivity index (χ1v) is 2.23. The van der Waals surface area contributed by atoms with Gasteiger partial charge in [0.2, 0.25) is 5.76 Å². The molecule has 0 aromatic rings. The van der Waals surface area contributed by atoms with Gasteiger partial charge < -0.3 is 14.6 Å². The van der Waals surface area contributed by atoms with Crippen LogP contribution in [0.3, 0.4) is 0 Å². The van der Waals surface area contributed by atoms with E-state index in [2.05, 4.69) is 9.47 Å². The normalized spacial score (nSPS) is 9.60. The van der Waals surface area contributed by atoms with Gasteiger partial charge in [-0.3, -0.25) is 0 Å². The zero-order valence-corrected chi connectivity index (χ0v) is 5.25. The number of ether oxygens (including phenoxy) is 2. The van der Waals surface area contributed by atoms with E-state index < -0.39 is 5.97 Å². The topological polar surface area (TPSA) is 55.8 Å². The summed E-state index contributed by atoms with van der Waals surface area (Å²) in [5, 5.41) is 8.24. The minimum atomic E-state index is -0.694. The van der Waals surface area contributed by atoms with E-state index in [1.807, 2.05) is 0 Å². The maximum atomic E-state index is 10.4. The summed E-state index contributed by atoms with van der Waals surface area (Å²) in [6.45, 7) is 0. The van der Waals surface area contributed by atoms with Gasteiger partial charge in [0.1, 0.15) is 6.26 Å². The number of esters is 1. The first kappa shape index (κ1) is 12.5. The third-order valence-corrected chi connectivity index (χ3v) is 0.724. The number of carbonyl (C=O) groups excluding carboxylic acids is 1. The molecule has 0 aromatic carbocycles. The second kappa shape index (κ2) is 6.92. The van der Waals surface area contributed by atoms with Crippen molar-refractivity contribution in [3.8, 4) is 0 Å². The van der Waals surface area contributed by atoms with E-state index in [0.717, 1.165) is 0 Å². The molecule has 0 bridgehead atoms. The molecule has 54 valence electrons. The van der Waals surface area contributed by atoms with Crippen molar-refractivity contribution in [3.05, 3.63) is 12.0 Å². The van der Waals surface area contributed by atoms with Crippen LogP contribution in [0.1, 0.15) is 0 Å². The molecule has 4 nitrogen and oxygen atoms in total. The van der Waals surface area contributed by atoms with Crippen molar-refractivity contribution in [1.29, 1.82) is 0 Å². The van der Waals surface area contributed by atoms with Gasteiger partial charge >= 0.3 is 35.5 Å². The fourth-order valence-corrected chi connectivity index (χ4v) is 0.289. The Hall–Kier alpha value is -0.190. The van der Waals surface area contributed by atoms with E-state index in [1.165, 1.54) is 14.2 Å². The van der Waals surface area contributed by atoms with Crippen LogP contribution in [0.5, 0.6) is 0 Å². The van der Waals surface area contributed by atoms with Crippen molar-refractivity contribution in [3.63, 3.8) is 0 Å². The number of methoxy groups -OCH3 is 2. The zero-order valence-electron chi connectivity index (χ0n) is 5.25. The van der Waals surface area contributed by atoms with Crippen LogP contribution in [-0.2, 0) is 14.3 Å². The second-order valence-corrected chi connectivity index (χ2v) is 1.19. The summed E-state index contributed by atoms with van der Waals surface area (Å²) in [4.78, 5) is 10.4. The van der Waals surface area contributed by atoms with Crippen molar-refractivity contribution in [1.82, 2.24) is 0 Å². The van der Waals surface area contributed by atoms with Gasteiger partial charge in [0.15, 0.2) is 0 Å². The molecule has 0 aliphatic rings. The van der Waals surface area contributed by atoms with Crippen LogP contribution >= 0.6 is 0 Å². The molecule has 0 aliphatic heterocycles. The first-order valence-electron chi connectivity index (χ1n) is 2.23. The molecule has 0 rings (SSSR count). The van der Waals surface area contributed by atoms with Gasteiger partial charge in [-0.15, -0.1) is 0 Å². The Kier molecular flexibility index (Phi) is 8.64. The Balaban J connectivity index is 0. The van der Waals surface area contributed by atoms with Crippen molar-refractivity contribution in [2.45, 2.75) is 0 Å². The summed E-state index contributed by atoms with van der Waals surface area (Å²) >= 11 is 0. The Morgan fingerprint density at radius 2 is 1.90 bits per heavy atom. The third kappa shape index (κ3) is 3.76. The van der Waals surface area contributed by atoms with E-state index in [4.69, 9.17) is 5.11 Å². The molecule has 0 heterocycles. The molecule has 0 fully saturated rings. The van der Waals surface area contributed by atoms with Crippen LogP contribution in [0.2, 0.25) is 0 Å². The van der Waals surface area contributed by atoms with Gasteiger partial charge in [-0.2, -0.15) is 0 Å². The summed E-state index contributed by atoms with van der Waals surface area (Å²) in [6.07, 6.45) is 0.547. The standard InChI is InChI=1S/C5H8O4.Na.H/c1-8-4(3-6)5(7)9-2;;/h3,6H,1-2H3;;. The molecule has 10 heavy (non-hydrogen) atoms. The van der Waals surface area contributed by atoms with Crippen LogP contribution in [0.25, 0.3) is 0 Å². The Morgan fingerprint density at radius 1 is 1.40 bits per heavy atom. The van der Waals surface area contributed by atoms with Crippen molar-refractivity contribution in [2.75, 3.05) is 14.2 Å². The monoisotopic (exact) mass is 156 g/mol. The van der Waals surface area contributed by atoms with Crippen molar-refractivity contribution < 1.29 is 19.4 Å². The van der Waals surface area contributed by atoms with Gasteiger partial charge in [-0.1, -0.05) is 0 Å². The number of aliphatic hydroxyl groups excluding tert-OH is 1. The predicted octanol–water partition coefficient (Wildman–Crippen LogP) is -0.443. The van der Waals surface area contributed by atoms with Gasteiger partial charge in [-0.05, 0) is 0 Å². The molecule has 0 saturated carbocycles. The van der Waals surface area contributed by atoms with Crippen LogP contribution in [-0.4, -0.2) is 54.9 Å². The molecule has 0 amide bonds. The van der Waals surface area contributed by atoms with Crippen LogP contribution < -0.4 is 0 Å². The quantitative estimate of drug-likeness (QED) is 0.255. The van der Waals surface area contributed by atoms with Crippen LogP contribution in [0.15, 0.2) is 12.0 Å². The summed E-state index contributed by atoms with van der Waals surface area (Å²) in [5.74, 6) is -0.905. The summed E-state index contributed by atoms with van der Waals surface area (Å²) in [5.41, 5.74) is 0. The molecule has 0 aromatic heterocycles.